The molecule has 0 aliphatic carbocycles. The van der Waals surface area contributed by atoms with E-state index in [-0.39, 0.29) is 10.8 Å². The summed E-state index contributed by atoms with van der Waals surface area (Å²) in [6, 6.07) is 3.39. The van der Waals surface area contributed by atoms with Gasteiger partial charge in [0.25, 0.3) is 0 Å². The Morgan fingerprint density at radius 2 is 2.05 bits per heavy atom. The quantitative estimate of drug-likeness (QED) is 0.742. The van der Waals surface area contributed by atoms with Gasteiger partial charge in [-0.25, -0.2) is 18.1 Å². The smallest absolute Gasteiger partial charge is 0.241 e. The second-order valence-corrected chi connectivity index (χ2v) is 9.03. The highest BCUT2D eigenvalue weighted by atomic mass is 79.9. The van der Waals surface area contributed by atoms with Crippen LogP contribution in [0.25, 0.3) is 0 Å². The van der Waals surface area contributed by atoms with E-state index in [1.165, 1.54) is 11.3 Å². The summed E-state index contributed by atoms with van der Waals surface area (Å²) in [5, 5.41) is 2.80. The molecule has 0 radical (unpaired) electrons. The van der Waals surface area contributed by atoms with Crippen molar-refractivity contribution >= 4 is 53.2 Å². The SMILES string of the molecule is Cc1cc(Br)c(S(=O)(=O)NCC(C)c2nccs2)cc1Br. The predicted octanol–water partition coefficient (Wildman–Crippen LogP) is 4.06. The monoisotopic (exact) mass is 452 g/mol. The Morgan fingerprint density at radius 3 is 2.67 bits per heavy atom. The molecule has 1 heterocycles. The van der Waals surface area contributed by atoms with Crippen molar-refractivity contribution < 1.29 is 8.42 Å². The number of sulfonamides is 1. The highest BCUT2D eigenvalue weighted by Gasteiger charge is 2.20. The summed E-state index contributed by atoms with van der Waals surface area (Å²) >= 11 is 8.20. The molecule has 8 heteroatoms. The largest absolute Gasteiger partial charge is 0.249 e. The Morgan fingerprint density at radius 1 is 1.33 bits per heavy atom. The lowest BCUT2D eigenvalue weighted by Gasteiger charge is -2.13. The third kappa shape index (κ3) is 4.13. The van der Waals surface area contributed by atoms with E-state index < -0.39 is 10.0 Å². The molecule has 1 aromatic carbocycles. The minimum Gasteiger partial charge on any atom is -0.249 e. The molecule has 1 unspecified atom stereocenters. The van der Waals surface area contributed by atoms with E-state index in [0.717, 1.165) is 15.0 Å². The molecule has 0 aliphatic heterocycles. The van der Waals surface area contributed by atoms with Gasteiger partial charge in [-0.2, -0.15) is 0 Å². The lowest BCUT2D eigenvalue weighted by Crippen LogP contribution is -2.28. The van der Waals surface area contributed by atoms with E-state index in [9.17, 15) is 8.42 Å². The molecule has 2 rings (SSSR count). The number of rotatable bonds is 5. The van der Waals surface area contributed by atoms with Crippen molar-refractivity contribution in [2.24, 2.45) is 0 Å². The molecule has 0 spiro atoms. The summed E-state index contributed by atoms with van der Waals surface area (Å²) in [7, 11) is -3.57. The highest BCUT2D eigenvalue weighted by molar-refractivity contribution is 9.11. The van der Waals surface area contributed by atoms with Crippen LogP contribution in [0.5, 0.6) is 0 Å². The highest BCUT2D eigenvalue weighted by Crippen LogP contribution is 2.29. The molecular formula is C13H14Br2N2O2S2. The Bertz CT molecular complexity index is 731. The number of aryl methyl sites for hydroxylation is 1. The van der Waals surface area contributed by atoms with Crippen molar-refractivity contribution in [3.8, 4) is 0 Å². The zero-order chi connectivity index (χ0) is 15.6. The van der Waals surface area contributed by atoms with Crippen molar-refractivity contribution in [3.05, 3.63) is 43.2 Å². The maximum absolute atomic E-state index is 12.4. The number of nitrogens with one attached hydrogen (secondary N) is 1. The average Bonchev–Trinajstić information content (AvgIpc) is 2.94. The molecule has 0 saturated carbocycles. The van der Waals surface area contributed by atoms with Gasteiger partial charge >= 0.3 is 0 Å². The molecule has 4 nitrogen and oxygen atoms in total. The molecule has 114 valence electrons. The van der Waals surface area contributed by atoms with Crippen LogP contribution in [0.2, 0.25) is 0 Å². The fourth-order valence-corrected chi connectivity index (χ4v) is 5.22. The van der Waals surface area contributed by atoms with Crippen LogP contribution >= 0.6 is 43.2 Å². The summed E-state index contributed by atoms with van der Waals surface area (Å²) in [6.45, 7) is 4.17. The van der Waals surface area contributed by atoms with Gasteiger partial charge in [0.2, 0.25) is 10.0 Å². The predicted molar refractivity (Wildman–Crippen MR) is 92.3 cm³/mol. The van der Waals surface area contributed by atoms with Gasteiger partial charge in [0, 0.05) is 33.0 Å². The van der Waals surface area contributed by atoms with Crippen LogP contribution in [0.3, 0.4) is 0 Å². The number of benzene rings is 1. The van der Waals surface area contributed by atoms with Crippen LogP contribution in [-0.2, 0) is 10.0 Å². The van der Waals surface area contributed by atoms with Crippen molar-refractivity contribution in [1.29, 1.82) is 0 Å². The van der Waals surface area contributed by atoms with E-state index in [4.69, 9.17) is 0 Å². The van der Waals surface area contributed by atoms with Crippen molar-refractivity contribution in [3.63, 3.8) is 0 Å². The van der Waals surface area contributed by atoms with Crippen LogP contribution in [0.1, 0.15) is 23.4 Å². The standard InChI is InChI=1S/C13H14Br2N2O2S2/c1-8-5-11(15)12(6-10(8)14)21(18,19)17-7-9(2)13-16-3-4-20-13/h3-6,9,17H,7H2,1-2H3. The van der Waals surface area contributed by atoms with Crippen molar-refractivity contribution in [1.82, 2.24) is 9.71 Å². The van der Waals surface area contributed by atoms with Gasteiger partial charge in [-0.05, 0) is 40.5 Å². The Balaban J connectivity index is 2.17. The molecule has 0 aliphatic rings. The second-order valence-electron chi connectivity index (χ2n) is 4.66. The van der Waals surface area contributed by atoms with E-state index >= 15 is 0 Å². The fourth-order valence-electron chi connectivity index (χ4n) is 1.71. The van der Waals surface area contributed by atoms with Gasteiger partial charge in [-0.1, -0.05) is 22.9 Å². The molecule has 0 amide bonds. The van der Waals surface area contributed by atoms with Crippen molar-refractivity contribution in [2.75, 3.05) is 6.54 Å². The number of thiazole rings is 1. The fraction of sp³-hybridized carbons (Fsp3) is 0.308. The maximum Gasteiger partial charge on any atom is 0.241 e. The van der Waals surface area contributed by atoms with E-state index in [1.54, 1.807) is 18.3 Å². The number of hydrogen-bond acceptors (Lipinski definition) is 4. The molecule has 2 aromatic rings. The normalized spacial score (nSPS) is 13.3. The molecule has 1 aromatic heterocycles. The van der Waals surface area contributed by atoms with Gasteiger partial charge in [0.05, 0.1) is 9.90 Å². The topological polar surface area (TPSA) is 59.1 Å². The lowest BCUT2D eigenvalue weighted by molar-refractivity contribution is 0.574. The molecule has 0 bridgehead atoms. The summed E-state index contributed by atoms with van der Waals surface area (Å²) in [4.78, 5) is 4.43. The first-order chi connectivity index (χ1) is 9.81. The minimum absolute atomic E-state index is 0.0347. The average molecular weight is 454 g/mol. The Hall–Kier alpha value is -0.280. The Labute approximate surface area is 145 Å². The molecular weight excluding hydrogens is 440 g/mol. The number of aromatic nitrogens is 1. The van der Waals surface area contributed by atoms with Crippen LogP contribution in [-0.4, -0.2) is 19.9 Å². The summed E-state index contributed by atoms with van der Waals surface area (Å²) in [5.41, 5.74) is 0.969. The molecule has 0 fully saturated rings. The number of nitrogens with zero attached hydrogens (tertiary/aromatic N) is 1. The number of halogens is 2. The summed E-state index contributed by atoms with van der Waals surface area (Å²) in [6.07, 6.45) is 1.72. The van der Waals surface area contributed by atoms with Crippen molar-refractivity contribution in [2.45, 2.75) is 24.7 Å². The first kappa shape index (κ1) is 17.1. The Kier molecular flexibility index (Phi) is 5.59. The number of hydrogen-bond donors (Lipinski definition) is 1. The maximum atomic E-state index is 12.4. The van der Waals surface area contributed by atoms with Crippen LogP contribution < -0.4 is 4.72 Å². The van der Waals surface area contributed by atoms with E-state index in [2.05, 4.69) is 41.6 Å². The van der Waals surface area contributed by atoms with Gasteiger partial charge in [-0.3, -0.25) is 0 Å². The van der Waals surface area contributed by atoms with Gasteiger partial charge in [0.15, 0.2) is 0 Å². The van der Waals surface area contributed by atoms with E-state index in [0.29, 0.717) is 11.0 Å². The minimum atomic E-state index is -3.57. The summed E-state index contributed by atoms with van der Waals surface area (Å²) < 4.78 is 28.8. The molecule has 21 heavy (non-hydrogen) atoms. The second kappa shape index (κ2) is 6.87. The van der Waals surface area contributed by atoms with Gasteiger partial charge in [-0.15, -0.1) is 11.3 Å². The summed E-state index contributed by atoms with van der Waals surface area (Å²) in [5.74, 6) is 0.0347. The first-order valence-corrected chi connectivity index (χ1v) is 10.1. The molecule has 1 atom stereocenters. The van der Waals surface area contributed by atoms with Gasteiger partial charge in [0.1, 0.15) is 0 Å². The van der Waals surface area contributed by atoms with Crippen LogP contribution in [0.15, 0.2) is 37.6 Å². The zero-order valence-corrected chi connectivity index (χ0v) is 16.2. The molecule has 1 N–H and O–H groups in total. The third-order valence-corrected chi connectivity index (χ3v) is 7.20. The van der Waals surface area contributed by atoms with Gasteiger partial charge < -0.3 is 0 Å². The lowest BCUT2D eigenvalue weighted by atomic mass is 10.2. The third-order valence-electron chi connectivity index (χ3n) is 2.96. The molecule has 0 saturated heterocycles. The van der Waals surface area contributed by atoms with Crippen LogP contribution in [0.4, 0.5) is 0 Å². The zero-order valence-electron chi connectivity index (χ0n) is 11.4. The first-order valence-electron chi connectivity index (χ1n) is 6.16. The van der Waals surface area contributed by atoms with Crippen LogP contribution in [0, 0.1) is 6.92 Å². The van der Waals surface area contributed by atoms with E-state index in [1.807, 2.05) is 19.2 Å².